The van der Waals surface area contributed by atoms with Gasteiger partial charge in [-0.05, 0) is 24.6 Å². The van der Waals surface area contributed by atoms with E-state index in [2.05, 4.69) is 21.7 Å². The third kappa shape index (κ3) is 2.48. The van der Waals surface area contributed by atoms with Gasteiger partial charge in [0.25, 0.3) is 0 Å². The molecule has 2 rings (SSSR count). The van der Waals surface area contributed by atoms with Crippen LogP contribution < -0.4 is 0 Å². The van der Waals surface area contributed by atoms with Crippen molar-refractivity contribution in [2.45, 2.75) is 52.0 Å². The molecule has 1 aromatic rings. The smallest absolute Gasteiger partial charge is 0.195 e. The van der Waals surface area contributed by atoms with Crippen LogP contribution in [0.5, 0.6) is 0 Å². The summed E-state index contributed by atoms with van der Waals surface area (Å²) >= 11 is 5.22. The summed E-state index contributed by atoms with van der Waals surface area (Å²) < 4.78 is 2.94. The molecule has 1 aliphatic rings. The Morgan fingerprint density at radius 2 is 2.20 bits per heavy atom. The summed E-state index contributed by atoms with van der Waals surface area (Å²) in [6.45, 7) is 3.17. The fraction of sp³-hybridized carbons (Fsp3) is 0.818. The minimum Gasteiger partial charge on any atom is -0.304 e. The summed E-state index contributed by atoms with van der Waals surface area (Å²) in [6.07, 6.45) is 7.88. The molecule has 0 aliphatic heterocycles. The Hall–Kier alpha value is -0.640. The molecule has 84 valence electrons. The molecule has 0 amide bonds. The third-order valence-electron chi connectivity index (χ3n) is 3.39. The lowest BCUT2D eigenvalue weighted by Crippen LogP contribution is -2.07. The molecule has 0 saturated heterocycles. The van der Waals surface area contributed by atoms with Gasteiger partial charge in [-0.25, -0.2) is 0 Å². The van der Waals surface area contributed by atoms with E-state index in [0.29, 0.717) is 0 Å². The number of aromatic nitrogens is 3. The summed E-state index contributed by atoms with van der Waals surface area (Å²) in [5.74, 6) is 2.02. The molecule has 4 heteroatoms. The summed E-state index contributed by atoms with van der Waals surface area (Å²) in [5.41, 5.74) is 0. The van der Waals surface area contributed by atoms with Crippen LogP contribution in [0.4, 0.5) is 0 Å². The fourth-order valence-electron chi connectivity index (χ4n) is 2.46. The van der Waals surface area contributed by atoms with Gasteiger partial charge in [0, 0.05) is 13.0 Å². The van der Waals surface area contributed by atoms with Gasteiger partial charge >= 0.3 is 0 Å². The van der Waals surface area contributed by atoms with Crippen LogP contribution in [0.1, 0.15) is 44.9 Å². The van der Waals surface area contributed by atoms with Crippen LogP contribution in [0.25, 0.3) is 0 Å². The minimum absolute atomic E-state index is 0.782. The molecular formula is C11H19N3S. The van der Waals surface area contributed by atoms with Gasteiger partial charge in [0.15, 0.2) is 4.77 Å². The summed E-state index contributed by atoms with van der Waals surface area (Å²) in [7, 11) is 0. The van der Waals surface area contributed by atoms with Gasteiger partial charge in [-0.15, -0.1) is 0 Å². The summed E-state index contributed by atoms with van der Waals surface area (Å²) in [5, 5.41) is 7.10. The molecule has 3 nitrogen and oxygen atoms in total. The normalized spacial score (nSPS) is 17.4. The highest BCUT2D eigenvalue weighted by molar-refractivity contribution is 7.71. The fourth-order valence-corrected chi connectivity index (χ4v) is 2.70. The predicted molar refractivity (Wildman–Crippen MR) is 63.4 cm³/mol. The van der Waals surface area contributed by atoms with Gasteiger partial charge in [0.2, 0.25) is 0 Å². The molecule has 0 aromatic carbocycles. The first-order chi connectivity index (χ1) is 7.31. The Morgan fingerprint density at radius 3 is 2.87 bits per heavy atom. The largest absolute Gasteiger partial charge is 0.304 e. The Kier molecular flexibility index (Phi) is 3.57. The number of nitrogens with one attached hydrogen (secondary N) is 1. The van der Waals surface area contributed by atoms with Crippen molar-refractivity contribution in [2.24, 2.45) is 5.92 Å². The molecule has 1 aromatic heterocycles. The maximum absolute atomic E-state index is 5.22. The van der Waals surface area contributed by atoms with Crippen molar-refractivity contribution in [1.29, 1.82) is 0 Å². The van der Waals surface area contributed by atoms with Crippen molar-refractivity contribution in [2.75, 3.05) is 0 Å². The van der Waals surface area contributed by atoms with Gasteiger partial charge in [0.05, 0.1) is 0 Å². The lowest BCUT2D eigenvalue weighted by molar-refractivity contribution is 0.450. The molecule has 0 atom stereocenters. The van der Waals surface area contributed by atoms with Crippen LogP contribution in [0.15, 0.2) is 0 Å². The van der Waals surface area contributed by atoms with Gasteiger partial charge in [-0.3, -0.25) is 5.10 Å². The number of aromatic amines is 1. The highest BCUT2D eigenvalue weighted by atomic mass is 32.1. The van der Waals surface area contributed by atoms with E-state index in [1.54, 1.807) is 0 Å². The van der Waals surface area contributed by atoms with Crippen LogP contribution in [0.2, 0.25) is 0 Å². The van der Waals surface area contributed by atoms with Crippen LogP contribution >= 0.6 is 12.2 Å². The lowest BCUT2D eigenvalue weighted by Gasteiger charge is -2.10. The zero-order valence-corrected chi connectivity index (χ0v) is 10.1. The quantitative estimate of drug-likeness (QED) is 0.799. The van der Waals surface area contributed by atoms with E-state index in [9.17, 15) is 0 Å². The zero-order chi connectivity index (χ0) is 10.7. The van der Waals surface area contributed by atoms with Crippen molar-refractivity contribution >= 4 is 12.2 Å². The molecule has 1 aliphatic carbocycles. The van der Waals surface area contributed by atoms with Crippen molar-refractivity contribution in [3.8, 4) is 0 Å². The van der Waals surface area contributed by atoms with Crippen LogP contribution in [0.3, 0.4) is 0 Å². The molecule has 0 bridgehead atoms. The number of aryl methyl sites for hydroxylation is 1. The second-order valence-corrected chi connectivity index (χ2v) is 4.78. The summed E-state index contributed by atoms with van der Waals surface area (Å²) in [6, 6.07) is 0. The maximum atomic E-state index is 5.22. The van der Waals surface area contributed by atoms with Gasteiger partial charge in [0.1, 0.15) is 5.82 Å². The minimum atomic E-state index is 0.782. The van der Waals surface area contributed by atoms with Gasteiger partial charge in [-0.1, -0.05) is 32.6 Å². The first-order valence-corrected chi connectivity index (χ1v) is 6.36. The van der Waals surface area contributed by atoms with Crippen LogP contribution in [-0.4, -0.2) is 14.8 Å². The molecule has 1 heterocycles. The number of hydrogen-bond acceptors (Lipinski definition) is 2. The van der Waals surface area contributed by atoms with Gasteiger partial charge < -0.3 is 4.57 Å². The van der Waals surface area contributed by atoms with E-state index in [1.165, 1.54) is 32.1 Å². The second-order valence-electron chi connectivity index (χ2n) is 4.39. The Labute approximate surface area is 95.9 Å². The second kappa shape index (κ2) is 4.92. The first kappa shape index (κ1) is 10.9. The number of rotatable bonds is 4. The van der Waals surface area contributed by atoms with E-state index in [0.717, 1.165) is 29.5 Å². The first-order valence-electron chi connectivity index (χ1n) is 5.95. The predicted octanol–water partition coefficient (Wildman–Crippen LogP) is 3.08. The van der Waals surface area contributed by atoms with Crippen molar-refractivity contribution in [3.63, 3.8) is 0 Å². The molecule has 0 radical (unpaired) electrons. The standard InChI is InChI=1S/C11H19N3S/c1-2-10-12-13-11(15)14(10)8-7-9-5-3-4-6-9/h9H,2-8H2,1H3,(H,13,15). The van der Waals surface area contributed by atoms with Crippen molar-refractivity contribution < 1.29 is 0 Å². The molecule has 0 spiro atoms. The van der Waals surface area contributed by atoms with Crippen LogP contribution in [-0.2, 0) is 13.0 Å². The molecule has 1 N–H and O–H groups in total. The average molecular weight is 225 g/mol. The topological polar surface area (TPSA) is 33.6 Å². The van der Waals surface area contributed by atoms with Crippen LogP contribution in [0, 0.1) is 10.7 Å². The maximum Gasteiger partial charge on any atom is 0.195 e. The summed E-state index contributed by atoms with van der Waals surface area (Å²) in [4.78, 5) is 0. The SMILES string of the molecule is CCc1n[nH]c(=S)n1CCC1CCCC1. The molecule has 1 saturated carbocycles. The average Bonchev–Trinajstić information content (AvgIpc) is 2.84. The van der Waals surface area contributed by atoms with E-state index in [1.807, 2.05) is 0 Å². The highest BCUT2D eigenvalue weighted by Crippen LogP contribution is 2.27. The van der Waals surface area contributed by atoms with Gasteiger partial charge in [-0.2, -0.15) is 5.10 Å². The highest BCUT2D eigenvalue weighted by Gasteiger charge is 2.15. The number of hydrogen-bond donors (Lipinski definition) is 1. The van der Waals surface area contributed by atoms with E-state index >= 15 is 0 Å². The van der Waals surface area contributed by atoms with E-state index in [-0.39, 0.29) is 0 Å². The lowest BCUT2D eigenvalue weighted by atomic mass is 10.0. The number of nitrogens with zero attached hydrogens (tertiary/aromatic N) is 2. The van der Waals surface area contributed by atoms with Crippen molar-refractivity contribution in [3.05, 3.63) is 10.6 Å². The van der Waals surface area contributed by atoms with E-state index < -0.39 is 0 Å². The van der Waals surface area contributed by atoms with E-state index in [4.69, 9.17) is 12.2 Å². The Morgan fingerprint density at radius 1 is 1.47 bits per heavy atom. The Bertz CT molecular complexity index is 360. The third-order valence-corrected chi connectivity index (χ3v) is 3.70. The number of H-pyrrole nitrogens is 1. The monoisotopic (exact) mass is 225 g/mol. The molecule has 1 fully saturated rings. The van der Waals surface area contributed by atoms with Crippen molar-refractivity contribution in [1.82, 2.24) is 14.8 Å². The zero-order valence-electron chi connectivity index (χ0n) is 9.33. The Balaban J connectivity index is 1.97. The molecule has 15 heavy (non-hydrogen) atoms. The molecule has 0 unspecified atom stereocenters. The molecular weight excluding hydrogens is 206 g/mol.